The Hall–Kier alpha value is -0.525. The fraction of sp³-hybridized carbons (Fsp3) is 0.333. The van der Waals surface area contributed by atoms with Crippen molar-refractivity contribution in [1.29, 1.82) is 0 Å². The second-order valence-corrected chi connectivity index (χ2v) is 2.03. The van der Waals surface area contributed by atoms with E-state index in [0.717, 1.165) is 11.9 Å². The maximum atomic E-state index is 12.4. The first kappa shape index (κ1) is 5.61. The van der Waals surface area contributed by atoms with Crippen LogP contribution < -0.4 is 0 Å². The molecule has 1 rings (SSSR count). The van der Waals surface area contributed by atoms with Crippen LogP contribution in [-0.4, -0.2) is 7.85 Å². The van der Waals surface area contributed by atoms with Gasteiger partial charge in [-0.25, -0.2) is 4.39 Å². The smallest absolute Gasteiger partial charge is 0.142 e. The van der Waals surface area contributed by atoms with Gasteiger partial charge in [0.25, 0.3) is 0 Å². The normalized spacial score (nSPS) is 19.6. The first-order valence-electron chi connectivity index (χ1n) is 2.82. The molecule has 0 bridgehead atoms. The number of halogens is 1. The van der Waals surface area contributed by atoms with Gasteiger partial charge in [0.05, 0.1) is 5.83 Å². The van der Waals surface area contributed by atoms with Crippen LogP contribution in [0.5, 0.6) is 0 Å². The minimum Gasteiger partial charge on any atom is -0.212 e. The Bertz CT molecular complexity index is 147. The van der Waals surface area contributed by atoms with Crippen LogP contribution in [0.3, 0.4) is 0 Å². The zero-order chi connectivity index (χ0) is 5.98. The van der Waals surface area contributed by atoms with Crippen molar-refractivity contribution in [3.05, 3.63) is 23.5 Å². The molecule has 0 aromatic carbocycles. The second kappa shape index (κ2) is 2.16. The van der Waals surface area contributed by atoms with Crippen LogP contribution in [0, 0.1) is 0 Å². The van der Waals surface area contributed by atoms with E-state index in [1.165, 1.54) is 0 Å². The molecule has 0 amide bonds. The third-order valence-corrected chi connectivity index (χ3v) is 1.33. The summed E-state index contributed by atoms with van der Waals surface area (Å²) in [4.78, 5) is 0. The predicted octanol–water partition coefficient (Wildman–Crippen LogP) is 1.15. The van der Waals surface area contributed by atoms with Crippen LogP contribution in [0.2, 0.25) is 0 Å². The number of hydrogen-bond acceptors (Lipinski definition) is 0. The quantitative estimate of drug-likeness (QED) is 0.410. The summed E-state index contributed by atoms with van der Waals surface area (Å²) in [5.74, 6) is 0.0486. The van der Waals surface area contributed by atoms with Crippen molar-refractivity contribution >= 4 is 7.85 Å². The van der Waals surface area contributed by atoms with Crippen LogP contribution >= 0.6 is 0 Å². The van der Waals surface area contributed by atoms with E-state index >= 15 is 0 Å². The molecule has 0 fully saturated rings. The zero-order valence-electron chi connectivity index (χ0n) is 4.95. The molecule has 0 unspecified atom stereocenters. The Labute approximate surface area is 49.5 Å². The summed E-state index contributed by atoms with van der Waals surface area (Å²) in [5, 5.41) is 0. The molecular weight excluding hydrogens is 102 g/mol. The van der Waals surface area contributed by atoms with Gasteiger partial charge < -0.3 is 0 Å². The summed E-state index contributed by atoms with van der Waals surface area (Å²) >= 11 is 0. The van der Waals surface area contributed by atoms with E-state index in [9.17, 15) is 4.39 Å². The van der Waals surface area contributed by atoms with Crippen molar-refractivity contribution in [2.24, 2.45) is 0 Å². The molecule has 0 N–H and O–H groups in total. The van der Waals surface area contributed by atoms with Gasteiger partial charge in [0.1, 0.15) is 7.85 Å². The van der Waals surface area contributed by atoms with E-state index in [1.807, 2.05) is 12.2 Å². The van der Waals surface area contributed by atoms with Crippen LogP contribution in [0.4, 0.5) is 4.39 Å². The Morgan fingerprint density at radius 1 is 1.62 bits per heavy atom. The molecule has 2 heteroatoms. The van der Waals surface area contributed by atoms with Gasteiger partial charge >= 0.3 is 0 Å². The molecular formula is C6H8BF. The molecule has 0 nitrogen and oxygen atoms in total. The molecule has 42 valence electrons. The molecule has 1 aliphatic rings. The van der Waals surface area contributed by atoms with Crippen LogP contribution in [0.25, 0.3) is 0 Å². The van der Waals surface area contributed by atoms with E-state index in [1.54, 1.807) is 7.85 Å². The van der Waals surface area contributed by atoms with Gasteiger partial charge in [-0.2, -0.15) is 0 Å². The summed E-state index contributed by atoms with van der Waals surface area (Å²) < 4.78 is 12.4. The molecule has 0 aliphatic heterocycles. The summed E-state index contributed by atoms with van der Waals surface area (Å²) in [6.07, 6.45) is 5.29. The van der Waals surface area contributed by atoms with Gasteiger partial charge in [0, 0.05) is 6.42 Å². The lowest BCUT2D eigenvalue weighted by atomic mass is 9.90. The molecule has 0 heterocycles. The van der Waals surface area contributed by atoms with E-state index in [0.29, 0.717) is 6.42 Å². The molecule has 8 heavy (non-hydrogen) atoms. The van der Waals surface area contributed by atoms with Gasteiger partial charge in [-0.1, -0.05) is 17.6 Å². The predicted molar refractivity (Wildman–Crippen MR) is 35.1 cm³/mol. The highest BCUT2D eigenvalue weighted by atomic mass is 19.1. The Kier molecular flexibility index (Phi) is 1.52. The monoisotopic (exact) mass is 110 g/mol. The first-order chi connectivity index (χ1) is 3.80. The van der Waals surface area contributed by atoms with E-state index in [4.69, 9.17) is 0 Å². The highest BCUT2D eigenvalue weighted by Gasteiger charge is 2.00. The average Bonchev–Trinajstić information content (AvgIpc) is 1.77. The van der Waals surface area contributed by atoms with E-state index in [2.05, 4.69) is 0 Å². The second-order valence-electron chi connectivity index (χ2n) is 2.03. The number of hydrogen-bond donors (Lipinski definition) is 0. The van der Waals surface area contributed by atoms with Crippen molar-refractivity contribution in [3.63, 3.8) is 0 Å². The topological polar surface area (TPSA) is 0 Å². The highest BCUT2D eigenvalue weighted by molar-refractivity contribution is 6.23. The van der Waals surface area contributed by atoms with Gasteiger partial charge in [0.15, 0.2) is 0 Å². The van der Waals surface area contributed by atoms with Crippen LogP contribution in [-0.2, 0) is 0 Å². The lowest BCUT2D eigenvalue weighted by Gasteiger charge is -2.02. The van der Waals surface area contributed by atoms with E-state index in [-0.39, 0.29) is 5.83 Å². The molecule has 0 saturated heterocycles. The van der Waals surface area contributed by atoms with Crippen molar-refractivity contribution in [2.75, 3.05) is 0 Å². The molecule has 0 atom stereocenters. The zero-order valence-corrected chi connectivity index (χ0v) is 4.95. The third kappa shape index (κ3) is 0.999. The first-order valence-corrected chi connectivity index (χ1v) is 2.82. The van der Waals surface area contributed by atoms with Crippen molar-refractivity contribution < 1.29 is 4.39 Å². The minimum atomic E-state index is 0.0486. The summed E-state index contributed by atoms with van der Waals surface area (Å²) in [7, 11) is 1.80. The molecule has 1 aliphatic carbocycles. The average molecular weight is 110 g/mol. The molecule has 0 spiro atoms. The maximum absolute atomic E-state index is 12.4. The SMILES string of the molecule is BC1=C(F)CCC=C1. The van der Waals surface area contributed by atoms with Crippen molar-refractivity contribution in [3.8, 4) is 0 Å². The lowest BCUT2D eigenvalue weighted by Crippen LogP contribution is -1.88. The van der Waals surface area contributed by atoms with Crippen LogP contribution in [0.15, 0.2) is 23.5 Å². The number of allylic oxidation sites excluding steroid dienone is 4. The Morgan fingerprint density at radius 2 is 2.38 bits per heavy atom. The molecule has 0 saturated carbocycles. The lowest BCUT2D eigenvalue weighted by molar-refractivity contribution is 0.584. The molecule has 0 aromatic rings. The van der Waals surface area contributed by atoms with Gasteiger partial charge in [-0.15, -0.1) is 0 Å². The Morgan fingerprint density at radius 3 is 2.75 bits per heavy atom. The molecule has 0 radical (unpaired) electrons. The Balaban J connectivity index is 2.76. The van der Waals surface area contributed by atoms with E-state index < -0.39 is 0 Å². The van der Waals surface area contributed by atoms with Gasteiger partial charge in [0.2, 0.25) is 0 Å². The summed E-state index contributed by atoms with van der Waals surface area (Å²) in [6, 6.07) is 0. The van der Waals surface area contributed by atoms with Gasteiger partial charge in [-0.05, 0) is 6.42 Å². The highest BCUT2D eigenvalue weighted by Crippen LogP contribution is 2.16. The maximum Gasteiger partial charge on any atom is 0.142 e. The van der Waals surface area contributed by atoms with Crippen LogP contribution in [0.1, 0.15) is 12.8 Å². The number of rotatable bonds is 0. The molecule has 0 aromatic heterocycles. The van der Waals surface area contributed by atoms with Gasteiger partial charge in [-0.3, -0.25) is 0 Å². The third-order valence-electron chi connectivity index (χ3n) is 1.33. The fourth-order valence-corrected chi connectivity index (χ4v) is 0.758. The largest absolute Gasteiger partial charge is 0.212 e. The summed E-state index contributed by atoms with van der Waals surface area (Å²) in [5.41, 5.74) is 0.788. The van der Waals surface area contributed by atoms with Crippen molar-refractivity contribution in [1.82, 2.24) is 0 Å². The fourth-order valence-electron chi connectivity index (χ4n) is 0.758. The standard InChI is InChI=1S/C6H8BF/c7-5-3-1-2-4-6(5)8/h1,3H,2,4,7H2. The van der Waals surface area contributed by atoms with Crippen molar-refractivity contribution in [2.45, 2.75) is 12.8 Å². The minimum absolute atomic E-state index is 0.0486. The summed E-state index contributed by atoms with van der Waals surface area (Å²) in [6.45, 7) is 0.